The van der Waals surface area contributed by atoms with Crippen LogP contribution in [0.2, 0.25) is 0 Å². The van der Waals surface area contributed by atoms with Crippen LogP contribution in [-0.2, 0) is 14.8 Å². The zero-order valence-corrected chi connectivity index (χ0v) is 20.3. The van der Waals surface area contributed by atoms with Crippen LogP contribution in [0.3, 0.4) is 0 Å². The molecule has 3 aromatic heterocycles. The average Bonchev–Trinajstić information content (AvgIpc) is 2.89. The highest BCUT2D eigenvalue weighted by Gasteiger charge is 2.22. The molecular weight excluding hydrogens is 508 g/mol. The average molecular weight is 530 g/mol. The van der Waals surface area contributed by atoms with Crippen molar-refractivity contribution in [3.63, 3.8) is 0 Å². The van der Waals surface area contributed by atoms with Gasteiger partial charge in [0.2, 0.25) is 5.88 Å². The number of morpholine rings is 1. The van der Waals surface area contributed by atoms with Gasteiger partial charge in [-0.1, -0.05) is 0 Å². The molecule has 0 amide bonds. The maximum Gasteiger partial charge on any atom is 0.281 e. The first-order chi connectivity index (χ1) is 17.8. The van der Waals surface area contributed by atoms with Crippen LogP contribution in [-0.4, -0.2) is 56.2 Å². The number of pyridine rings is 2. The van der Waals surface area contributed by atoms with E-state index in [4.69, 9.17) is 9.47 Å². The maximum atomic E-state index is 14.2. The van der Waals surface area contributed by atoms with Crippen molar-refractivity contribution in [1.29, 1.82) is 0 Å². The first-order valence-corrected chi connectivity index (χ1v) is 12.6. The number of aromatic nitrogens is 3. The van der Waals surface area contributed by atoms with Crippen molar-refractivity contribution in [2.24, 2.45) is 0 Å². The largest absolute Gasteiger partial charge is 0.480 e. The van der Waals surface area contributed by atoms with Crippen LogP contribution in [0.15, 0.2) is 64.7 Å². The van der Waals surface area contributed by atoms with Crippen LogP contribution in [0.4, 0.5) is 20.2 Å². The third-order valence-electron chi connectivity index (χ3n) is 5.84. The van der Waals surface area contributed by atoms with Gasteiger partial charge in [-0.25, -0.2) is 27.2 Å². The van der Waals surface area contributed by atoms with Gasteiger partial charge in [0.1, 0.15) is 33.6 Å². The normalized spacial score (nSPS) is 14.1. The number of anilines is 2. The van der Waals surface area contributed by atoms with Crippen LogP contribution in [0.25, 0.3) is 16.8 Å². The number of fused-ring (bicyclic) bond motifs is 1. The predicted molar refractivity (Wildman–Crippen MR) is 131 cm³/mol. The molecule has 1 N–H and O–H groups in total. The van der Waals surface area contributed by atoms with Gasteiger partial charge in [0.15, 0.2) is 0 Å². The van der Waals surface area contributed by atoms with Crippen LogP contribution in [0.1, 0.15) is 0 Å². The summed E-state index contributed by atoms with van der Waals surface area (Å²) in [4.78, 5) is 22.9. The van der Waals surface area contributed by atoms with E-state index in [0.717, 1.165) is 12.1 Å². The summed E-state index contributed by atoms with van der Waals surface area (Å²) in [7, 11) is -3.15. The number of hydrogen-bond acceptors (Lipinski definition) is 8. The quantitative estimate of drug-likeness (QED) is 0.406. The highest BCUT2D eigenvalue weighted by atomic mass is 32.2. The molecule has 4 heterocycles. The second-order valence-corrected chi connectivity index (χ2v) is 9.81. The topological polar surface area (TPSA) is 115 Å². The Bertz CT molecular complexity index is 1660. The molecule has 1 fully saturated rings. The highest BCUT2D eigenvalue weighted by Crippen LogP contribution is 2.30. The van der Waals surface area contributed by atoms with E-state index in [2.05, 4.69) is 14.7 Å². The van der Waals surface area contributed by atoms with Gasteiger partial charge in [-0.3, -0.25) is 13.9 Å². The Labute approximate surface area is 210 Å². The van der Waals surface area contributed by atoms with Crippen LogP contribution in [0.5, 0.6) is 5.88 Å². The Morgan fingerprint density at radius 2 is 1.81 bits per heavy atom. The molecule has 0 radical (unpaired) electrons. The Hall–Kier alpha value is -4.10. The second-order valence-electron chi connectivity index (χ2n) is 8.16. The van der Waals surface area contributed by atoms with Crippen LogP contribution >= 0.6 is 0 Å². The Morgan fingerprint density at radius 1 is 1.03 bits per heavy atom. The lowest BCUT2D eigenvalue weighted by molar-refractivity contribution is 0.122. The maximum absolute atomic E-state index is 14.2. The number of nitrogens with one attached hydrogen (secondary N) is 1. The zero-order chi connectivity index (χ0) is 26.2. The molecule has 37 heavy (non-hydrogen) atoms. The van der Waals surface area contributed by atoms with E-state index in [-0.39, 0.29) is 17.1 Å². The van der Waals surface area contributed by atoms with Crippen molar-refractivity contribution >= 4 is 27.0 Å². The Balaban J connectivity index is 1.54. The standard InChI is InChI=1S/C24H21F2N5O5S/c1-35-23-19(29-37(33,34)21-4-3-17(25)11-18(21)26)10-16(12-28-23)15-2-5-22-27-13-20(24(32)31(22)14-15)30-6-8-36-9-7-30/h2-5,10-14,29H,6-9H2,1H3. The number of nitrogens with zero attached hydrogens (tertiary/aromatic N) is 4. The minimum Gasteiger partial charge on any atom is -0.480 e. The highest BCUT2D eigenvalue weighted by molar-refractivity contribution is 7.92. The monoisotopic (exact) mass is 529 g/mol. The van der Waals surface area contributed by atoms with Crippen molar-refractivity contribution in [1.82, 2.24) is 14.4 Å². The van der Waals surface area contributed by atoms with E-state index in [1.807, 2.05) is 4.90 Å². The number of halogens is 2. The van der Waals surface area contributed by atoms with E-state index in [1.54, 1.807) is 24.5 Å². The van der Waals surface area contributed by atoms with Gasteiger partial charge in [0.25, 0.3) is 15.6 Å². The molecule has 0 aliphatic carbocycles. The number of methoxy groups -OCH3 is 1. The van der Waals surface area contributed by atoms with E-state index in [0.29, 0.717) is 54.8 Å². The molecule has 1 aromatic carbocycles. The molecule has 1 aliphatic rings. The third kappa shape index (κ3) is 4.82. The molecule has 5 rings (SSSR count). The number of sulfonamides is 1. The zero-order valence-electron chi connectivity index (χ0n) is 19.5. The molecule has 4 aromatic rings. The minimum absolute atomic E-state index is 0.0657. The minimum atomic E-state index is -4.44. The van der Waals surface area contributed by atoms with Gasteiger partial charge < -0.3 is 14.4 Å². The van der Waals surface area contributed by atoms with Crippen molar-refractivity contribution in [3.05, 3.63) is 77.0 Å². The molecule has 0 unspecified atom stereocenters. The fourth-order valence-corrected chi connectivity index (χ4v) is 5.11. The third-order valence-corrected chi connectivity index (χ3v) is 7.24. The first-order valence-electron chi connectivity index (χ1n) is 11.1. The number of rotatable bonds is 6. The fraction of sp³-hybridized carbons (Fsp3) is 0.208. The SMILES string of the molecule is COc1ncc(-c2ccc3ncc(N4CCOCC4)c(=O)n3c2)cc1NS(=O)(=O)c1ccc(F)cc1F. The summed E-state index contributed by atoms with van der Waals surface area (Å²) in [5.41, 5.74) is 1.53. The van der Waals surface area contributed by atoms with Gasteiger partial charge in [-0.05, 0) is 30.3 Å². The molecule has 0 saturated carbocycles. The Kier molecular flexibility index (Phi) is 6.48. The van der Waals surface area contributed by atoms with Crippen LogP contribution < -0.4 is 19.9 Å². The first kappa shape index (κ1) is 24.6. The summed E-state index contributed by atoms with van der Waals surface area (Å²) < 4.78 is 67.3. The molecule has 13 heteroatoms. The number of ether oxygens (including phenoxy) is 2. The summed E-state index contributed by atoms with van der Waals surface area (Å²) in [6.07, 6.45) is 4.57. The van der Waals surface area contributed by atoms with Crippen molar-refractivity contribution in [2.45, 2.75) is 4.90 Å². The number of hydrogen-bond donors (Lipinski definition) is 1. The lowest BCUT2D eigenvalue weighted by atomic mass is 10.1. The summed E-state index contributed by atoms with van der Waals surface area (Å²) >= 11 is 0. The molecular formula is C24H21F2N5O5S. The molecule has 0 bridgehead atoms. The van der Waals surface area contributed by atoms with E-state index in [9.17, 15) is 22.0 Å². The van der Waals surface area contributed by atoms with Gasteiger partial charge in [-0.15, -0.1) is 0 Å². The van der Waals surface area contributed by atoms with Gasteiger partial charge in [-0.2, -0.15) is 0 Å². The smallest absolute Gasteiger partial charge is 0.281 e. The van der Waals surface area contributed by atoms with Crippen molar-refractivity contribution in [2.75, 3.05) is 43.0 Å². The summed E-state index contributed by atoms with van der Waals surface area (Å²) in [6, 6.07) is 6.95. The summed E-state index contributed by atoms with van der Waals surface area (Å²) in [5.74, 6) is -2.22. The molecule has 0 atom stereocenters. The fourth-order valence-electron chi connectivity index (χ4n) is 4.00. The summed E-state index contributed by atoms with van der Waals surface area (Å²) in [5, 5.41) is 0. The molecule has 0 spiro atoms. The van der Waals surface area contributed by atoms with Crippen molar-refractivity contribution < 1.29 is 26.7 Å². The molecule has 10 nitrogen and oxygen atoms in total. The van der Waals surface area contributed by atoms with E-state index in [1.165, 1.54) is 23.8 Å². The molecule has 192 valence electrons. The number of benzene rings is 1. The molecule has 1 saturated heterocycles. The van der Waals surface area contributed by atoms with E-state index < -0.39 is 26.6 Å². The molecule has 1 aliphatic heterocycles. The Morgan fingerprint density at radius 3 is 2.54 bits per heavy atom. The van der Waals surface area contributed by atoms with E-state index >= 15 is 0 Å². The second kappa shape index (κ2) is 9.75. The van der Waals surface area contributed by atoms with Gasteiger partial charge in [0, 0.05) is 42.7 Å². The van der Waals surface area contributed by atoms with Crippen LogP contribution in [0, 0.1) is 11.6 Å². The van der Waals surface area contributed by atoms with Gasteiger partial charge in [0.05, 0.1) is 26.5 Å². The van der Waals surface area contributed by atoms with Crippen molar-refractivity contribution in [3.8, 4) is 17.0 Å². The predicted octanol–water partition coefficient (Wildman–Crippen LogP) is 2.68. The lowest BCUT2D eigenvalue weighted by Crippen LogP contribution is -2.39. The summed E-state index contributed by atoms with van der Waals surface area (Å²) in [6.45, 7) is 2.17. The van der Waals surface area contributed by atoms with Gasteiger partial charge >= 0.3 is 0 Å². The lowest BCUT2D eigenvalue weighted by Gasteiger charge is -2.27.